The van der Waals surface area contributed by atoms with E-state index >= 15 is 0 Å². The number of hydrogen-bond acceptors (Lipinski definition) is 3. The topological polar surface area (TPSA) is 62.8 Å². The lowest BCUT2D eigenvalue weighted by Crippen LogP contribution is -2.15. The van der Waals surface area contributed by atoms with Crippen LogP contribution in [0.5, 0.6) is 0 Å². The smallest absolute Gasteiger partial charge is 0.306 e. The summed E-state index contributed by atoms with van der Waals surface area (Å²) in [5.41, 5.74) is -0.188. The minimum absolute atomic E-state index is 0.0126. The van der Waals surface area contributed by atoms with Gasteiger partial charge >= 0.3 is 6.18 Å². The highest BCUT2D eigenvalue weighted by atomic mass is 19.4. The van der Waals surface area contributed by atoms with Gasteiger partial charge in [0, 0.05) is 18.1 Å². The van der Waals surface area contributed by atoms with Crippen molar-refractivity contribution in [2.45, 2.75) is 25.4 Å². The zero-order valence-corrected chi connectivity index (χ0v) is 15.0. The van der Waals surface area contributed by atoms with E-state index in [1.807, 2.05) is 6.07 Å². The zero-order valence-electron chi connectivity index (χ0n) is 15.0. The number of nitrogens with zero attached hydrogens (tertiary/aromatic N) is 1. The predicted octanol–water partition coefficient (Wildman–Crippen LogP) is 4.83. The average Bonchev–Trinajstić information content (AvgIpc) is 2.67. The first-order valence-corrected chi connectivity index (χ1v) is 8.61. The number of ketones is 1. The first kappa shape index (κ1) is 19.5. The second kappa shape index (κ2) is 7.80. The van der Waals surface area contributed by atoms with Crippen LogP contribution in [0.25, 0.3) is 11.4 Å². The van der Waals surface area contributed by atoms with Crippen LogP contribution in [0, 0.1) is 0 Å². The molecule has 0 aliphatic heterocycles. The molecule has 1 aromatic heterocycles. The van der Waals surface area contributed by atoms with Crippen LogP contribution in [0.3, 0.4) is 0 Å². The van der Waals surface area contributed by atoms with Crippen LogP contribution in [0.15, 0.2) is 65.5 Å². The molecule has 2 aromatic carbocycles. The van der Waals surface area contributed by atoms with Crippen molar-refractivity contribution >= 4 is 5.78 Å². The molecule has 0 fully saturated rings. The first-order valence-electron chi connectivity index (χ1n) is 8.61. The number of nitrogens with one attached hydrogen (secondary N) is 1. The van der Waals surface area contributed by atoms with Crippen molar-refractivity contribution in [1.82, 2.24) is 9.97 Å². The van der Waals surface area contributed by atoms with Gasteiger partial charge in [-0.1, -0.05) is 55.5 Å². The van der Waals surface area contributed by atoms with Crippen LogP contribution in [0.2, 0.25) is 0 Å². The highest BCUT2D eigenvalue weighted by Gasteiger charge is 2.30. The fourth-order valence-electron chi connectivity index (χ4n) is 2.86. The fourth-order valence-corrected chi connectivity index (χ4v) is 2.86. The molecule has 0 saturated carbocycles. The molecule has 4 nitrogen and oxygen atoms in total. The molecule has 0 aliphatic rings. The van der Waals surface area contributed by atoms with Crippen LogP contribution in [-0.2, 0) is 6.18 Å². The van der Waals surface area contributed by atoms with E-state index in [1.54, 1.807) is 37.3 Å². The summed E-state index contributed by atoms with van der Waals surface area (Å²) in [4.78, 5) is 31.3. The van der Waals surface area contributed by atoms with Crippen LogP contribution < -0.4 is 5.56 Å². The summed E-state index contributed by atoms with van der Waals surface area (Å²) in [6.07, 6.45) is -4.51. The summed E-state index contributed by atoms with van der Waals surface area (Å²) in [6, 6.07) is 14.9. The number of rotatable bonds is 5. The molecular formula is C21H17F3N2O2. The number of alkyl halides is 3. The van der Waals surface area contributed by atoms with Gasteiger partial charge in [-0.05, 0) is 17.5 Å². The van der Waals surface area contributed by atoms with Gasteiger partial charge in [-0.15, -0.1) is 0 Å². The Balaban J connectivity index is 1.84. The van der Waals surface area contributed by atoms with E-state index < -0.39 is 29.0 Å². The second-order valence-electron chi connectivity index (χ2n) is 6.50. The van der Waals surface area contributed by atoms with Gasteiger partial charge in [0.15, 0.2) is 5.78 Å². The quantitative estimate of drug-likeness (QED) is 0.639. The van der Waals surface area contributed by atoms with E-state index in [9.17, 15) is 22.8 Å². The number of benzene rings is 2. The van der Waals surface area contributed by atoms with E-state index in [-0.39, 0.29) is 17.9 Å². The molecule has 0 aliphatic carbocycles. The molecule has 0 unspecified atom stereocenters. The van der Waals surface area contributed by atoms with Gasteiger partial charge in [0.05, 0.1) is 5.56 Å². The van der Waals surface area contributed by atoms with E-state index in [4.69, 9.17) is 0 Å². The molecule has 0 radical (unpaired) electrons. The van der Waals surface area contributed by atoms with Gasteiger partial charge < -0.3 is 4.98 Å². The number of hydrogen-bond donors (Lipinski definition) is 1. The van der Waals surface area contributed by atoms with E-state index in [2.05, 4.69) is 9.97 Å². The van der Waals surface area contributed by atoms with Gasteiger partial charge in [0.1, 0.15) is 11.5 Å². The number of carbonyl (C=O) groups excluding carboxylic acids is 1. The summed E-state index contributed by atoms with van der Waals surface area (Å²) in [7, 11) is 0. The summed E-state index contributed by atoms with van der Waals surface area (Å²) in [5, 5.41) is 0. The SMILES string of the molecule is C[C@@H](CC(=O)c1cc(=O)[nH]c(-c2ccccc2)n1)c1cccc(C(F)(F)F)c1. The van der Waals surface area contributed by atoms with Gasteiger partial charge in [0.25, 0.3) is 5.56 Å². The number of aromatic amines is 1. The first-order chi connectivity index (χ1) is 13.2. The van der Waals surface area contributed by atoms with Crippen molar-refractivity contribution in [1.29, 1.82) is 0 Å². The molecule has 3 rings (SSSR count). The third-order valence-electron chi connectivity index (χ3n) is 4.35. The van der Waals surface area contributed by atoms with Crippen molar-refractivity contribution in [2.24, 2.45) is 0 Å². The van der Waals surface area contributed by atoms with Crippen LogP contribution in [0.1, 0.15) is 40.9 Å². The number of Topliss-reactive ketones (excluding diaryl/α,β-unsaturated/α-hetero) is 1. The minimum atomic E-state index is -4.45. The lowest BCUT2D eigenvalue weighted by Gasteiger charge is -2.14. The molecule has 28 heavy (non-hydrogen) atoms. The Kier molecular flexibility index (Phi) is 5.44. The number of H-pyrrole nitrogens is 1. The molecule has 144 valence electrons. The molecule has 0 saturated heterocycles. The Morgan fingerprint density at radius 1 is 1.07 bits per heavy atom. The van der Waals surface area contributed by atoms with E-state index in [0.717, 1.165) is 18.2 Å². The predicted molar refractivity (Wildman–Crippen MR) is 99.1 cm³/mol. The Hall–Kier alpha value is -3.22. The molecule has 0 bridgehead atoms. The molecule has 1 atom stereocenters. The molecule has 3 aromatic rings. The highest BCUT2D eigenvalue weighted by Crippen LogP contribution is 2.32. The van der Waals surface area contributed by atoms with Crippen molar-refractivity contribution < 1.29 is 18.0 Å². The molecule has 7 heteroatoms. The summed E-state index contributed by atoms with van der Waals surface area (Å²) in [6.45, 7) is 1.67. The fraction of sp³-hybridized carbons (Fsp3) is 0.190. The largest absolute Gasteiger partial charge is 0.416 e. The number of aromatic nitrogens is 2. The minimum Gasteiger partial charge on any atom is -0.306 e. The third-order valence-corrected chi connectivity index (χ3v) is 4.35. The maximum absolute atomic E-state index is 12.9. The maximum Gasteiger partial charge on any atom is 0.416 e. The Bertz CT molecular complexity index is 1040. The lowest BCUT2D eigenvalue weighted by atomic mass is 9.93. The Morgan fingerprint density at radius 2 is 1.79 bits per heavy atom. The van der Waals surface area contributed by atoms with Crippen molar-refractivity contribution in [3.63, 3.8) is 0 Å². The molecule has 0 spiro atoms. The number of carbonyl (C=O) groups is 1. The monoisotopic (exact) mass is 386 g/mol. The maximum atomic E-state index is 12.9. The molecule has 1 N–H and O–H groups in total. The van der Waals surface area contributed by atoms with Crippen LogP contribution in [-0.4, -0.2) is 15.8 Å². The Morgan fingerprint density at radius 3 is 2.46 bits per heavy atom. The van der Waals surface area contributed by atoms with Gasteiger partial charge in [-0.3, -0.25) is 9.59 Å². The van der Waals surface area contributed by atoms with Gasteiger partial charge in [-0.2, -0.15) is 13.2 Å². The Labute approximate surface area is 159 Å². The molecule has 0 amide bonds. The van der Waals surface area contributed by atoms with Crippen molar-refractivity contribution in [3.05, 3.63) is 87.8 Å². The summed E-state index contributed by atoms with van der Waals surface area (Å²) in [5.74, 6) is -0.604. The van der Waals surface area contributed by atoms with Crippen molar-refractivity contribution in [2.75, 3.05) is 0 Å². The molecule has 1 heterocycles. The van der Waals surface area contributed by atoms with E-state index in [1.165, 1.54) is 6.07 Å². The van der Waals surface area contributed by atoms with Gasteiger partial charge in [0.2, 0.25) is 0 Å². The van der Waals surface area contributed by atoms with Crippen LogP contribution in [0.4, 0.5) is 13.2 Å². The van der Waals surface area contributed by atoms with Gasteiger partial charge in [-0.25, -0.2) is 4.98 Å². The molecular weight excluding hydrogens is 369 g/mol. The third kappa shape index (κ3) is 4.54. The second-order valence-corrected chi connectivity index (χ2v) is 6.50. The highest BCUT2D eigenvalue weighted by molar-refractivity contribution is 5.95. The van der Waals surface area contributed by atoms with Crippen LogP contribution >= 0.6 is 0 Å². The number of halogens is 3. The van der Waals surface area contributed by atoms with Crippen molar-refractivity contribution in [3.8, 4) is 11.4 Å². The summed E-state index contributed by atoms with van der Waals surface area (Å²) < 4.78 is 38.7. The summed E-state index contributed by atoms with van der Waals surface area (Å²) >= 11 is 0. The normalized spacial score (nSPS) is 12.6. The average molecular weight is 386 g/mol. The lowest BCUT2D eigenvalue weighted by molar-refractivity contribution is -0.137. The van der Waals surface area contributed by atoms with E-state index in [0.29, 0.717) is 11.1 Å². The zero-order chi connectivity index (χ0) is 20.3. The standard InChI is InChI=1S/C21H17F3N2O2/c1-13(15-8-5-9-16(11-15)21(22,23)24)10-18(27)17-12-19(28)26-20(25-17)14-6-3-2-4-7-14/h2-9,11-13H,10H2,1H3,(H,25,26,28)/t13-/m0/s1.